The second-order valence-electron chi connectivity index (χ2n) is 6.32. The van der Waals surface area contributed by atoms with E-state index in [1.165, 1.54) is 10.8 Å². The molecule has 142 valence electrons. The molecule has 0 amide bonds. The third-order valence-electron chi connectivity index (χ3n) is 4.18. The minimum atomic E-state index is -1.54. The van der Waals surface area contributed by atoms with Gasteiger partial charge in [-0.1, -0.05) is 6.07 Å². The Morgan fingerprint density at radius 2 is 1.79 bits per heavy atom. The highest BCUT2D eigenvalue weighted by Crippen LogP contribution is 2.22. The second kappa shape index (κ2) is 7.56. The first kappa shape index (κ1) is 19.2. The molecule has 0 aliphatic rings. The van der Waals surface area contributed by atoms with Crippen molar-refractivity contribution in [2.45, 2.75) is 20.4 Å². The Morgan fingerprint density at radius 1 is 1.11 bits per heavy atom. The fourth-order valence-corrected chi connectivity index (χ4v) is 2.66. The third-order valence-corrected chi connectivity index (χ3v) is 4.18. The molecule has 8 heteroatoms. The molecule has 1 N–H and O–H groups in total. The molecule has 5 nitrogen and oxygen atoms in total. The average Bonchev–Trinajstić information content (AvgIpc) is 2.65. The van der Waals surface area contributed by atoms with Gasteiger partial charge in [-0.2, -0.15) is 10.2 Å². The topological polar surface area (TPSA) is 70.7 Å². The van der Waals surface area contributed by atoms with Crippen LogP contribution in [0.1, 0.15) is 22.3 Å². The molecular weight excluding hydrogens is 369 g/mol. The van der Waals surface area contributed by atoms with E-state index in [4.69, 9.17) is 5.26 Å². The van der Waals surface area contributed by atoms with Crippen LogP contribution in [-0.4, -0.2) is 9.55 Å². The van der Waals surface area contributed by atoms with E-state index < -0.39 is 23.0 Å². The molecule has 0 radical (unpaired) electrons. The number of hydrogen-bond acceptors (Lipinski definition) is 4. The summed E-state index contributed by atoms with van der Waals surface area (Å²) in [4.78, 5) is 16.0. The van der Waals surface area contributed by atoms with Crippen molar-refractivity contribution < 1.29 is 13.2 Å². The third kappa shape index (κ3) is 3.88. The van der Waals surface area contributed by atoms with Gasteiger partial charge in [-0.25, -0.2) is 13.2 Å². The van der Waals surface area contributed by atoms with Gasteiger partial charge in [0.15, 0.2) is 17.5 Å². The number of hydrogen-bond donors (Lipinski definition) is 1. The summed E-state index contributed by atoms with van der Waals surface area (Å²) in [5.41, 5.74) is 1.79. The molecule has 3 aromatic rings. The normalized spacial score (nSPS) is 10.6. The molecule has 0 fully saturated rings. The van der Waals surface area contributed by atoms with Gasteiger partial charge >= 0.3 is 0 Å². The molecule has 1 heterocycles. The summed E-state index contributed by atoms with van der Waals surface area (Å²) in [6, 6.07) is 8.79. The number of aryl methyl sites for hydroxylation is 2. The second-order valence-corrected chi connectivity index (χ2v) is 6.32. The molecule has 28 heavy (non-hydrogen) atoms. The number of halogens is 3. The maximum atomic E-state index is 13.5. The maximum Gasteiger partial charge on any atom is 0.277 e. The monoisotopic (exact) mass is 384 g/mol. The molecule has 0 aliphatic carbocycles. The van der Waals surface area contributed by atoms with Crippen molar-refractivity contribution in [2.75, 3.05) is 5.32 Å². The van der Waals surface area contributed by atoms with E-state index in [0.717, 1.165) is 17.7 Å². The lowest BCUT2D eigenvalue weighted by molar-refractivity contribution is 0.444. The first-order chi connectivity index (χ1) is 13.3. The van der Waals surface area contributed by atoms with Crippen LogP contribution in [0.15, 0.2) is 41.3 Å². The minimum absolute atomic E-state index is 0.0540. The Bertz CT molecular complexity index is 1140. The van der Waals surface area contributed by atoms with Gasteiger partial charge < -0.3 is 9.88 Å². The van der Waals surface area contributed by atoms with E-state index in [9.17, 15) is 18.0 Å². The van der Waals surface area contributed by atoms with Crippen LogP contribution in [0.5, 0.6) is 0 Å². The predicted molar refractivity (Wildman–Crippen MR) is 97.8 cm³/mol. The van der Waals surface area contributed by atoms with Crippen LogP contribution in [0.25, 0.3) is 0 Å². The highest BCUT2D eigenvalue weighted by molar-refractivity contribution is 5.61. The summed E-state index contributed by atoms with van der Waals surface area (Å²) in [6.07, 6.45) is 1.49. The van der Waals surface area contributed by atoms with Gasteiger partial charge in [0.05, 0.1) is 18.2 Å². The Kier molecular flexibility index (Phi) is 5.18. The first-order valence-electron chi connectivity index (χ1n) is 8.27. The van der Waals surface area contributed by atoms with Crippen LogP contribution >= 0.6 is 0 Å². The van der Waals surface area contributed by atoms with Crippen LogP contribution in [0.4, 0.5) is 24.8 Å². The van der Waals surface area contributed by atoms with Gasteiger partial charge in [0.2, 0.25) is 5.95 Å². The van der Waals surface area contributed by atoms with Crippen molar-refractivity contribution in [3.05, 3.63) is 86.6 Å². The van der Waals surface area contributed by atoms with E-state index in [2.05, 4.69) is 10.3 Å². The molecule has 0 aliphatic heterocycles. The van der Waals surface area contributed by atoms with Gasteiger partial charge in [-0.3, -0.25) is 4.79 Å². The molecule has 2 aromatic carbocycles. The van der Waals surface area contributed by atoms with Crippen LogP contribution < -0.4 is 10.9 Å². The van der Waals surface area contributed by atoms with Crippen molar-refractivity contribution >= 4 is 11.6 Å². The van der Waals surface area contributed by atoms with E-state index in [1.807, 2.05) is 13.0 Å². The summed E-state index contributed by atoms with van der Waals surface area (Å²) in [6.45, 7) is 3.31. The smallest absolute Gasteiger partial charge is 0.277 e. The molecule has 0 bridgehead atoms. The zero-order chi connectivity index (χ0) is 20.4. The van der Waals surface area contributed by atoms with Crippen molar-refractivity contribution in [2.24, 2.45) is 0 Å². The van der Waals surface area contributed by atoms with E-state index in [-0.39, 0.29) is 18.1 Å². The molecule has 3 rings (SSSR count). The quantitative estimate of drug-likeness (QED) is 0.692. The molecule has 0 spiro atoms. The molecule has 0 saturated carbocycles. The zero-order valence-electron chi connectivity index (χ0n) is 15.1. The van der Waals surface area contributed by atoms with Gasteiger partial charge in [-0.05, 0) is 49.2 Å². The van der Waals surface area contributed by atoms with Crippen LogP contribution in [-0.2, 0) is 6.54 Å². The number of aromatic nitrogens is 2. The Hall–Kier alpha value is -3.60. The summed E-state index contributed by atoms with van der Waals surface area (Å²) >= 11 is 0. The molecule has 0 saturated heterocycles. The number of benzene rings is 2. The zero-order valence-corrected chi connectivity index (χ0v) is 15.1. The van der Waals surface area contributed by atoms with E-state index >= 15 is 0 Å². The highest BCUT2D eigenvalue weighted by atomic mass is 19.2. The van der Waals surface area contributed by atoms with Crippen molar-refractivity contribution in [3.63, 3.8) is 0 Å². The van der Waals surface area contributed by atoms with E-state index in [0.29, 0.717) is 16.8 Å². The van der Waals surface area contributed by atoms with Gasteiger partial charge in [0.1, 0.15) is 0 Å². The molecule has 0 unspecified atom stereocenters. The average molecular weight is 384 g/mol. The lowest BCUT2D eigenvalue weighted by Gasteiger charge is -2.16. The molecular formula is C20H15F3N4O. The maximum absolute atomic E-state index is 13.5. The minimum Gasteiger partial charge on any atom is -0.325 e. The van der Waals surface area contributed by atoms with Crippen molar-refractivity contribution in [1.29, 1.82) is 5.26 Å². The lowest BCUT2D eigenvalue weighted by Crippen LogP contribution is -2.19. The molecule has 0 atom stereocenters. The van der Waals surface area contributed by atoms with Crippen LogP contribution in [0.2, 0.25) is 0 Å². The summed E-state index contributed by atoms with van der Waals surface area (Å²) in [7, 11) is 0. The SMILES string of the molecule is Cc1ccc(C#N)cc1Nc1nc(=O)c(C)cn1Cc1cc(F)c(F)c(F)c1. The van der Waals surface area contributed by atoms with Crippen LogP contribution in [0.3, 0.4) is 0 Å². The summed E-state index contributed by atoms with van der Waals surface area (Å²) in [5, 5.41) is 12.1. The Morgan fingerprint density at radius 3 is 2.43 bits per heavy atom. The largest absolute Gasteiger partial charge is 0.325 e. The standard InChI is InChI=1S/C20H15F3N4O/c1-11-3-4-13(8-24)7-17(11)25-20-26-19(28)12(2)9-27(20)10-14-5-15(21)18(23)16(22)6-14/h3-7,9H,10H2,1-2H3,(H,25,26,28). The number of anilines is 2. The van der Waals surface area contributed by atoms with Gasteiger partial charge in [-0.15, -0.1) is 0 Å². The number of nitriles is 1. The van der Waals surface area contributed by atoms with Crippen molar-refractivity contribution in [1.82, 2.24) is 9.55 Å². The number of nitrogens with zero attached hydrogens (tertiary/aromatic N) is 3. The first-order valence-corrected chi connectivity index (χ1v) is 8.27. The van der Waals surface area contributed by atoms with Gasteiger partial charge in [0.25, 0.3) is 5.56 Å². The highest BCUT2D eigenvalue weighted by Gasteiger charge is 2.13. The lowest BCUT2D eigenvalue weighted by atomic mass is 10.1. The summed E-state index contributed by atoms with van der Waals surface area (Å²) < 4.78 is 41.8. The number of nitrogens with one attached hydrogen (secondary N) is 1. The number of rotatable bonds is 4. The fraction of sp³-hybridized carbons (Fsp3) is 0.150. The van der Waals surface area contributed by atoms with Gasteiger partial charge in [0, 0.05) is 17.4 Å². The Balaban J connectivity index is 2.04. The van der Waals surface area contributed by atoms with Crippen molar-refractivity contribution in [3.8, 4) is 6.07 Å². The predicted octanol–water partition coefficient (Wildman–Crippen LogP) is 3.94. The van der Waals surface area contributed by atoms with Crippen LogP contribution in [0, 0.1) is 42.6 Å². The Labute approximate surface area is 158 Å². The summed E-state index contributed by atoms with van der Waals surface area (Å²) in [5.74, 6) is -4.01. The fourth-order valence-electron chi connectivity index (χ4n) is 2.66. The van der Waals surface area contributed by atoms with E-state index in [1.54, 1.807) is 25.1 Å². The molecule has 1 aromatic heterocycles.